The molecule has 0 aromatic heterocycles. The summed E-state index contributed by atoms with van der Waals surface area (Å²) in [6.07, 6.45) is 5.18. The predicted octanol–water partition coefficient (Wildman–Crippen LogP) is 8.72. The maximum Gasteiger partial charge on any atom is 0.0234 e. The first-order valence-electron chi connectivity index (χ1n) is 12.6. The molecule has 0 saturated heterocycles. The molecule has 0 radical (unpaired) electrons. The molecule has 0 heterocycles. The topological polar surface area (TPSA) is 3.24 Å². The third-order valence-electron chi connectivity index (χ3n) is 6.09. The monoisotopic (exact) mass is 449 g/mol. The van der Waals surface area contributed by atoms with Crippen molar-refractivity contribution in [1.82, 2.24) is 4.90 Å². The molecular weight excluding hydrogens is 410 g/mol. The highest BCUT2D eigenvalue weighted by molar-refractivity contribution is 5.32. The zero-order valence-corrected chi connectivity index (χ0v) is 20.8. The summed E-state index contributed by atoms with van der Waals surface area (Å²) in [5, 5.41) is 0. The van der Waals surface area contributed by atoms with Gasteiger partial charge in [0.15, 0.2) is 0 Å². The molecule has 0 saturated carbocycles. The molecule has 0 atom stereocenters. The molecule has 0 bridgehead atoms. The summed E-state index contributed by atoms with van der Waals surface area (Å²) in [5.74, 6) is 0.555. The van der Waals surface area contributed by atoms with E-state index in [2.05, 4.69) is 140 Å². The highest BCUT2D eigenvalue weighted by Crippen LogP contribution is 2.29. The summed E-state index contributed by atoms with van der Waals surface area (Å²) in [6, 6.07) is 42.9. The fraction of sp³-hybridized carbons (Fsp3) is 0.273. The molecule has 0 amide bonds. The largest absolute Gasteiger partial charge is 0.298 e. The van der Waals surface area contributed by atoms with Crippen molar-refractivity contribution < 1.29 is 0 Å². The lowest BCUT2D eigenvalue weighted by Crippen LogP contribution is -2.16. The van der Waals surface area contributed by atoms with Crippen LogP contribution in [0.3, 0.4) is 0 Å². The summed E-state index contributed by atoms with van der Waals surface area (Å²) < 4.78 is 0. The minimum absolute atomic E-state index is 0.555. The van der Waals surface area contributed by atoms with Crippen molar-refractivity contribution in [2.24, 2.45) is 0 Å². The molecule has 0 N–H and O–H groups in total. The number of hydrogen-bond donors (Lipinski definition) is 0. The van der Waals surface area contributed by atoms with E-state index in [4.69, 9.17) is 0 Å². The number of hydrogen-bond acceptors (Lipinski definition) is 1. The minimum Gasteiger partial charge on any atom is -0.298 e. The Labute approximate surface area is 207 Å². The first kappa shape index (κ1) is 25.5. The average molecular weight is 450 g/mol. The van der Waals surface area contributed by atoms with Crippen molar-refractivity contribution in [2.45, 2.75) is 51.6 Å². The van der Waals surface area contributed by atoms with Crippen LogP contribution in [0.5, 0.6) is 0 Å². The van der Waals surface area contributed by atoms with Gasteiger partial charge in [-0.3, -0.25) is 4.90 Å². The minimum atomic E-state index is 0.555. The summed E-state index contributed by atoms with van der Waals surface area (Å²) in [4.78, 5) is 2.32. The fourth-order valence-electron chi connectivity index (χ4n) is 4.34. The zero-order valence-electron chi connectivity index (χ0n) is 20.8. The van der Waals surface area contributed by atoms with Crippen LogP contribution in [0.1, 0.15) is 60.8 Å². The van der Waals surface area contributed by atoms with Crippen LogP contribution < -0.4 is 0 Å². The van der Waals surface area contributed by atoms with Crippen LogP contribution in [0.15, 0.2) is 121 Å². The second-order valence-corrected chi connectivity index (χ2v) is 9.01. The Morgan fingerprint density at radius 2 is 0.912 bits per heavy atom. The summed E-state index contributed by atoms with van der Waals surface area (Å²) in [7, 11) is 2.15. The van der Waals surface area contributed by atoms with Crippen LogP contribution >= 0.6 is 0 Å². The van der Waals surface area contributed by atoms with Gasteiger partial charge < -0.3 is 0 Å². The van der Waals surface area contributed by atoms with E-state index in [1.165, 1.54) is 47.9 Å². The van der Waals surface area contributed by atoms with E-state index in [0.717, 1.165) is 13.1 Å². The number of unbranched alkanes of at least 4 members (excludes halogenated alkanes) is 2. The van der Waals surface area contributed by atoms with Gasteiger partial charge in [-0.2, -0.15) is 0 Å². The molecule has 4 rings (SSSR count). The third kappa shape index (κ3) is 9.00. The molecule has 4 aromatic carbocycles. The Morgan fingerprint density at radius 1 is 0.529 bits per heavy atom. The molecule has 0 aliphatic rings. The Morgan fingerprint density at radius 3 is 1.29 bits per heavy atom. The summed E-state index contributed by atoms with van der Waals surface area (Å²) >= 11 is 0. The Bertz CT molecular complexity index is 932. The number of benzene rings is 4. The van der Waals surface area contributed by atoms with Gasteiger partial charge in [-0.25, -0.2) is 0 Å². The van der Waals surface area contributed by atoms with Crippen molar-refractivity contribution in [3.63, 3.8) is 0 Å². The average Bonchev–Trinajstić information content (AvgIpc) is 2.89. The summed E-state index contributed by atoms with van der Waals surface area (Å²) in [6.45, 7) is 4.26. The number of nitrogens with zero attached hydrogens (tertiary/aromatic N) is 1. The van der Waals surface area contributed by atoms with Crippen molar-refractivity contribution in [3.8, 4) is 0 Å². The molecule has 1 nitrogen and oxygen atoms in total. The predicted molar refractivity (Wildman–Crippen MR) is 147 cm³/mol. The van der Waals surface area contributed by atoms with E-state index >= 15 is 0 Å². The molecule has 1 heteroatoms. The smallest absolute Gasteiger partial charge is 0.0234 e. The molecule has 0 unspecified atom stereocenters. The second-order valence-electron chi connectivity index (χ2n) is 9.01. The standard InChI is InChI=1S/C18H22.C15H17N/c1-2-3-6-15-18(16-11-7-4-8-12-16)17-13-9-5-10-14-17;1-16(12-14-8-4-2-5-9-14)13-15-10-6-3-7-11-15/h4-5,7-14,18H,2-3,6,15H2,1H3;2-11H,12-13H2,1H3. The van der Waals surface area contributed by atoms with Crippen LogP contribution in [-0.2, 0) is 13.1 Å². The van der Waals surface area contributed by atoms with Crippen molar-refractivity contribution >= 4 is 0 Å². The van der Waals surface area contributed by atoms with E-state index in [9.17, 15) is 0 Å². The second kappa shape index (κ2) is 14.9. The summed E-state index contributed by atoms with van der Waals surface area (Å²) in [5.41, 5.74) is 5.61. The van der Waals surface area contributed by atoms with Crippen LogP contribution in [0.4, 0.5) is 0 Å². The molecular formula is C33H39N. The lowest BCUT2D eigenvalue weighted by molar-refractivity contribution is 0.319. The van der Waals surface area contributed by atoms with Gasteiger partial charge in [-0.15, -0.1) is 0 Å². The first-order chi connectivity index (χ1) is 16.8. The van der Waals surface area contributed by atoms with Gasteiger partial charge in [0, 0.05) is 19.0 Å². The zero-order chi connectivity index (χ0) is 23.8. The van der Waals surface area contributed by atoms with Crippen LogP contribution in [0.25, 0.3) is 0 Å². The van der Waals surface area contributed by atoms with E-state index in [-0.39, 0.29) is 0 Å². The van der Waals surface area contributed by atoms with E-state index < -0.39 is 0 Å². The van der Waals surface area contributed by atoms with E-state index in [1.807, 2.05) is 0 Å². The van der Waals surface area contributed by atoms with Crippen LogP contribution in [0, 0.1) is 0 Å². The normalized spacial score (nSPS) is 10.7. The molecule has 4 aromatic rings. The lowest BCUT2D eigenvalue weighted by atomic mass is 9.87. The van der Waals surface area contributed by atoms with Crippen LogP contribution in [0.2, 0.25) is 0 Å². The quantitative estimate of drug-likeness (QED) is 0.219. The number of rotatable bonds is 10. The van der Waals surface area contributed by atoms with Gasteiger partial charge in [0.2, 0.25) is 0 Å². The van der Waals surface area contributed by atoms with Gasteiger partial charge in [0.05, 0.1) is 0 Å². The van der Waals surface area contributed by atoms with E-state index in [0.29, 0.717) is 5.92 Å². The highest BCUT2D eigenvalue weighted by atomic mass is 15.1. The molecule has 176 valence electrons. The van der Waals surface area contributed by atoms with E-state index in [1.54, 1.807) is 0 Å². The van der Waals surface area contributed by atoms with Crippen molar-refractivity contribution in [2.75, 3.05) is 7.05 Å². The van der Waals surface area contributed by atoms with Gasteiger partial charge >= 0.3 is 0 Å². The molecule has 0 fully saturated rings. The Kier molecular flexibility index (Phi) is 11.1. The maximum atomic E-state index is 2.32. The Hall–Kier alpha value is -3.16. The van der Waals surface area contributed by atoms with Crippen molar-refractivity contribution in [3.05, 3.63) is 144 Å². The fourth-order valence-corrected chi connectivity index (χ4v) is 4.34. The van der Waals surface area contributed by atoms with Gasteiger partial charge in [0.1, 0.15) is 0 Å². The Balaban J connectivity index is 0.000000192. The van der Waals surface area contributed by atoms with Gasteiger partial charge in [-0.1, -0.05) is 148 Å². The highest BCUT2D eigenvalue weighted by Gasteiger charge is 2.12. The van der Waals surface area contributed by atoms with Gasteiger partial charge in [0.25, 0.3) is 0 Å². The molecule has 0 spiro atoms. The molecule has 34 heavy (non-hydrogen) atoms. The third-order valence-corrected chi connectivity index (χ3v) is 6.09. The molecule has 0 aliphatic heterocycles. The van der Waals surface area contributed by atoms with Gasteiger partial charge in [-0.05, 0) is 35.7 Å². The maximum absolute atomic E-state index is 2.32. The molecule has 0 aliphatic carbocycles. The van der Waals surface area contributed by atoms with Crippen LogP contribution in [-0.4, -0.2) is 11.9 Å². The lowest BCUT2D eigenvalue weighted by Gasteiger charge is -2.18. The van der Waals surface area contributed by atoms with Crippen molar-refractivity contribution in [1.29, 1.82) is 0 Å². The SMILES string of the molecule is CCCCCC(c1ccccc1)c1ccccc1.CN(Cc1ccccc1)Cc1ccccc1. The first-order valence-corrected chi connectivity index (χ1v) is 12.6.